The number of amides is 2. The van der Waals surface area contributed by atoms with E-state index in [1.807, 2.05) is 6.07 Å². The predicted molar refractivity (Wildman–Crippen MR) is 111 cm³/mol. The summed E-state index contributed by atoms with van der Waals surface area (Å²) in [6, 6.07) is 10.3. The molecule has 2 amide bonds. The molecule has 1 aliphatic rings. The van der Waals surface area contributed by atoms with Crippen LogP contribution in [0.25, 0.3) is 11.4 Å². The van der Waals surface area contributed by atoms with Crippen LogP contribution in [-0.4, -0.2) is 27.2 Å². The number of nitrogens with one attached hydrogen (secondary N) is 2. The Morgan fingerprint density at radius 3 is 2.87 bits per heavy atom. The second kappa shape index (κ2) is 8.45. The van der Waals surface area contributed by atoms with Crippen LogP contribution in [0, 0.1) is 5.82 Å². The molecule has 0 saturated heterocycles. The minimum absolute atomic E-state index is 0.0120. The standard InChI is InChI=1S/C20H16ClFN4O3S/c1-10(20-25-18(26-29-20)11-2-5-13(22)6-3-11)23-17(27)9-16-19(28)24-14-8-12(21)4-7-15(14)30-16/h2-8,10,16H,9H2,1H3,(H,23,27)(H,24,28). The molecule has 1 aliphatic heterocycles. The third-order valence-corrected chi connectivity index (χ3v) is 5.93. The Kier molecular flexibility index (Phi) is 5.74. The number of hydrogen-bond acceptors (Lipinski definition) is 6. The highest BCUT2D eigenvalue weighted by Crippen LogP contribution is 2.38. The van der Waals surface area contributed by atoms with Crippen molar-refractivity contribution in [3.05, 3.63) is 59.2 Å². The van der Waals surface area contributed by atoms with Crippen molar-refractivity contribution >= 4 is 40.9 Å². The lowest BCUT2D eigenvalue weighted by atomic mass is 10.2. The summed E-state index contributed by atoms with van der Waals surface area (Å²) in [6.45, 7) is 1.70. The number of aromatic nitrogens is 2. The maximum Gasteiger partial charge on any atom is 0.249 e. The average molecular weight is 447 g/mol. The molecule has 0 radical (unpaired) electrons. The molecule has 2 atom stereocenters. The van der Waals surface area contributed by atoms with Crippen LogP contribution in [0.5, 0.6) is 0 Å². The molecule has 2 unspecified atom stereocenters. The zero-order chi connectivity index (χ0) is 21.3. The van der Waals surface area contributed by atoms with E-state index in [0.717, 1.165) is 4.90 Å². The summed E-state index contributed by atoms with van der Waals surface area (Å²) < 4.78 is 18.3. The highest BCUT2D eigenvalue weighted by molar-refractivity contribution is 8.01. The molecule has 0 fully saturated rings. The lowest BCUT2D eigenvalue weighted by molar-refractivity contribution is -0.124. The Hall–Kier alpha value is -2.91. The van der Waals surface area contributed by atoms with Crippen molar-refractivity contribution in [3.63, 3.8) is 0 Å². The molecule has 30 heavy (non-hydrogen) atoms. The highest BCUT2D eigenvalue weighted by Gasteiger charge is 2.30. The molecule has 3 aromatic rings. The number of nitrogens with zero attached hydrogens (tertiary/aromatic N) is 2. The lowest BCUT2D eigenvalue weighted by Crippen LogP contribution is -2.35. The first-order valence-corrected chi connectivity index (χ1v) is 10.3. The number of hydrogen-bond donors (Lipinski definition) is 2. The molecule has 0 saturated carbocycles. The fourth-order valence-corrected chi connectivity index (χ4v) is 4.18. The molecule has 7 nitrogen and oxygen atoms in total. The maximum absolute atomic E-state index is 13.1. The summed E-state index contributed by atoms with van der Waals surface area (Å²) in [7, 11) is 0. The summed E-state index contributed by atoms with van der Waals surface area (Å²) in [5.41, 5.74) is 1.24. The van der Waals surface area contributed by atoms with Gasteiger partial charge in [0.15, 0.2) is 0 Å². The third-order valence-electron chi connectivity index (χ3n) is 4.42. The van der Waals surface area contributed by atoms with Crippen molar-refractivity contribution in [2.24, 2.45) is 0 Å². The third kappa shape index (κ3) is 4.47. The van der Waals surface area contributed by atoms with Gasteiger partial charge in [-0.1, -0.05) is 16.8 Å². The molecule has 2 N–H and O–H groups in total. The van der Waals surface area contributed by atoms with Crippen molar-refractivity contribution in [3.8, 4) is 11.4 Å². The number of carbonyl (C=O) groups is 2. The first-order chi connectivity index (χ1) is 14.4. The summed E-state index contributed by atoms with van der Waals surface area (Å²) in [5.74, 6) is -0.437. The van der Waals surface area contributed by atoms with Gasteiger partial charge in [-0.2, -0.15) is 4.98 Å². The van der Waals surface area contributed by atoms with E-state index in [-0.39, 0.29) is 29.9 Å². The Morgan fingerprint density at radius 1 is 1.33 bits per heavy atom. The van der Waals surface area contributed by atoms with Crippen molar-refractivity contribution in [2.45, 2.75) is 29.5 Å². The van der Waals surface area contributed by atoms with Gasteiger partial charge in [-0.25, -0.2) is 4.39 Å². The van der Waals surface area contributed by atoms with E-state index in [0.29, 0.717) is 22.1 Å². The summed E-state index contributed by atoms with van der Waals surface area (Å²) in [4.78, 5) is 29.9. The van der Waals surface area contributed by atoms with Crippen LogP contribution >= 0.6 is 23.4 Å². The van der Waals surface area contributed by atoms with Crippen LogP contribution in [0.4, 0.5) is 10.1 Å². The zero-order valence-electron chi connectivity index (χ0n) is 15.7. The zero-order valence-corrected chi connectivity index (χ0v) is 17.3. The van der Waals surface area contributed by atoms with Crippen LogP contribution in [0.3, 0.4) is 0 Å². The number of rotatable bonds is 5. The summed E-state index contributed by atoms with van der Waals surface area (Å²) in [6.07, 6.45) is -0.0120. The molecule has 10 heteroatoms. The molecular weight excluding hydrogens is 431 g/mol. The van der Waals surface area contributed by atoms with Gasteiger partial charge in [0.05, 0.1) is 10.9 Å². The fraction of sp³-hybridized carbons (Fsp3) is 0.200. The molecule has 154 valence electrons. The van der Waals surface area contributed by atoms with Crippen LogP contribution < -0.4 is 10.6 Å². The number of benzene rings is 2. The number of carbonyl (C=O) groups excluding carboxylic acids is 2. The van der Waals surface area contributed by atoms with Gasteiger partial charge in [-0.15, -0.1) is 11.8 Å². The maximum atomic E-state index is 13.1. The molecule has 1 aromatic heterocycles. The SMILES string of the molecule is CC(NC(=O)CC1Sc2ccc(Cl)cc2NC1=O)c1nc(-c2ccc(F)cc2)no1. The number of anilines is 1. The molecule has 2 heterocycles. The van der Waals surface area contributed by atoms with Crippen LogP contribution in [-0.2, 0) is 9.59 Å². The van der Waals surface area contributed by atoms with Crippen molar-refractivity contribution in [1.82, 2.24) is 15.5 Å². The van der Waals surface area contributed by atoms with E-state index in [2.05, 4.69) is 20.8 Å². The van der Waals surface area contributed by atoms with E-state index < -0.39 is 11.3 Å². The van der Waals surface area contributed by atoms with Crippen LogP contribution in [0.2, 0.25) is 5.02 Å². The van der Waals surface area contributed by atoms with Gasteiger partial charge in [0.25, 0.3) is 0 Å². The second-order valence-corrected chi connectivity index (χ2v) is 8.37. The van der Waals surface area contributed by atoms with Crippen molar-refractivity contribution in [1.29, 1.82) is 0 Å². The van der Waals surface area contributed by atoms with E-state index in [4.69, 9.17) is 16.1 Å². The molecule has 2 aromatic carbocycles. The smallest absolute Gasteiger partial charge is 0.249 e. The fourth-order valence-electron chi connectivity index (χ4n) is 2.91. The Morgan fingerprint density at radius 2 is 2.10 bits per heavy atom. The molecule has 0 bridgehead atoms. The predicted octanol–water partition coefficient (Wildman–Crippen LogP) is 4.21. The first-order valence-electron chi connectivity index (χ1n) is 9.05. The normalized spacial score (nSPS) is 16.5. The highest BCUT2D eigenvalue weighted by atomic mass is 35.5. The topological polar surface area (TPSA) is 97.1 Å². The van der Waals surface area contributed by atoms with Gasteiger partial charge in [0, 0.05) is 21.9 Å². The minimum Gasteiger partial charge on any atom is -0.345 e. The van der Waals surface area contributed by atoms with Crippen LogP contribution in [0.15, 0.2) is 51.9 Å². The number of thioether (sulfide) groups is 1. The number of fused-ring (bicyclic) bond motifs is 1. The quantitative estimate of drug-likeness (QED) is 0.609. The van der Waals surface area contributed by atoms with Gasteiger partial charge < -0.3 is 15.2 Å². The van der Waals surface area contributed by atoms with E-state index >= 15 is 0 Å². The average Bonchev–Trinajstić information content (AvgIpc) is 3.19. The van der Waals surface area contributed by atoms with Crippen LogP contribution in [0.1, 0.15) is 25.3 Å². The van der Waals surface area contributed by atoms with Crippen molar-refractivity contribution < 1.29 is 18.5 Å². The minimum atomic E-state index is -0.566. The van der Waals surface area contributed by atoms with Crippen molar-refractivity contribution in [2.75, 3.05) is 5.32 Å². The molecule has 0 spiro atoms. The monoisotopic (exact) mass is 446 g/mol. The summed E-state index contributed by atoms with van der Waals surface area (Å²) >= 11 is 7.26. The first kappa shape index (κ1) is 20.4. The molecular formula is C20H16ClFN4O3S. The van der Waals surface area contributed by atoms with E-state index in [9.17, 15) is 14.0 Å². The summed E-state index contributed by atoms with van der Waals surface area (Å²) in [5, 5.41) is 9.36. The number of halogens is 2. The Bertz CT molecular complexity index is 1110. The largest absolute Gasteiger partial charge is 0.345 e. The van der Waals surface area contributed by atoms with Gasteiger partial charge in [-0.05, 0) is 49.4 Å². The molecule has 0 aliphatic carbocycles. The van der Waals surface area contributed by atoms with Gasteiger partial charge in [0.2, 0.25) is 23.5 Å². The van der Waals surface area contributed by atoms with E-state index in [1.54, 1.807) is 19.1 Å². The van der Waals surface area contributed by atoms with Gasteiger partial charge in [-0.3, -0.25) is 9.59 Å². The van der Waals surface area contributed by atoms with Gasteiger partial charge >= 0.3 is 0 Å². The van der Waals surface area contributed by atoms with Gasteiger partial charge in [0.1, 0.15) is 11.9 Å². The molecule has 4 rings (SSSR count). The lowest BCUT2D eigenvalue weighted by Gasteiger charge is -2.24. The Balaban J connectivity index is 1.38. The Labute approximate surface area is 180 Å². The second-order valence-electron chi connectivity index (χ2n) is 6.69. The van der Waals surface area contributed by atoms with E-state index in [1.165, 1.54) is 36.0 Å².